The summed E-state index contributed by atoms with van der Waals surface area (Å²) < 4.78 is 0. The zero-order valence-corrected chi connectivity index (χ0v) is 14.1. The van der Waals surface area contributed by atoms with E-state index in [2.05, 4.69) is 48.4 Å². The topological polar surface area (TPSA) is 44.4 Å². The van der Waals surface area contributed by atoms with Gasteiger partial charge in [-0.1, -0.05) is 19.1 Å². The lowest BCUT2D eigenvalue weighted by Crippen LogP contribution is -2.45. The van der Waals surface area contributed by atoms with Crippen LogP contribution in [0.5, 0.6) is 0 Å². The summed E-state index contributed by atoms with van der Waals surface area (Å²) in [5.41, 5.74) is 2.01. The minimum atomic E-state index is 0.0384. The van der Waals surface area contributed by atoms with Gasteiger partial charge in [0.1, 0.15) is 0 Å². The highest BCUT2D eigenvalue weighted by atomic mass is 16.1. The zero-order chi connectivity index (χ0) is 15.9. The SMILES string of the molecule is CCN(Cc1ccc(C(=O)NC2CCCNC2)cc1)C(C)C. The molecule has 2 rings (SSSR count). The summed E-state index contributed by atoms with van der Waals surface area (Å²) in [7, 11) is 0. The van der Waals surface area contributed by atoms with Crippen molar-refractivity contribution in [2.45, 2.75) is 52.2 Å². The lowest BCUT2D eigenvalue weighted by Gasteiger charge is -2.25. The van der Waals surface area contributed by atoms with Gasteiger partial charge in [-0.2, -0.15) is 0 Å². The van der Waals surface area contributed by atoms with E-state index in [0.717, 1.165) is 44.6 Å². The maximum Gasteiger partial charge on any atom is 0.251 e. The van der Waals surface area contributed by atoms with E-state index in [1.54, 1.807) is 0 Å². The molecular formula is C18H29N3O. The standard InChI is InChI=1S/C18H29N3O/c1-4-21(14(2)3)13-15-7-9-16(10-8-15)18(22)20-17-6-5-11-19-12-17/h7-10,14,17,19H,4-6,11-13H2,1-3H3,(H,20,22). The lowest BCUT2D eigenvalue weighted by atomic mass is 10.1. The summed E-state index contributed by atoms with van der Waals surface area (Å²) >= 11 is 0. The number of carbonyl (C=O) groups excluding carboxylic acids is 1. The van der Waals surface area contributed by atoms with E-state index in [1.165, 1.54) is 5.56 Å². The molecule has 22 heavy (non-hydrogen) atoms. The van der Waals surface area contributed by atoms with Gasteiger partial charge >= 0.3 is 0 Å². The summed E-state index contributed by atoms with van der Waals surface area (Å²) in [6.07, 6.45) is 2.20. The van der Waals surface area contributed by atoms with Gasteiger partial charge in [0.25, 0.3) is 5.91 Å². The Kier molecular flexibility index (Phi) is 6.40. The van der Waals surface area contributed by atoms with Gasteiger partial charge in [-0.3, -0.25) is 9.69 Å². The average Bonchev–Trinajstić information content (AvgIpc) is 2.53. The Labute approximate surface area is 134 Å². The van der Waals surface area contributed by atoms with Gasteiger partial charge in [-0.25, -0.2) is 0 Å². The zero-order valence-electron chi connectivity index (χ0n) is 14.1. The molecule has 0 aromatic heterocycles. The minimum absolute atomic E-state index is 0.0384. The van der Waals surface area contributed by atoms with E-state index < -0.39 is 0 Å². The molecule has 0 bridgehead atoms. The first-order chi connectivity index (χ1) is 10.6. The van der Waals surface area contributed by atoms with Crippen LogP contribution >= 0.6 is 0 Å². The number of rotatable bonds is 6. The molecule has 122 valence electrons. The van der Waals surface area contributed by atoms with Crippen LogP contribution in [0.3, 0.4) is 0 Å². The molecule has 0 spiro atoms. The maximum absolute atomic E-state index is 12.3. The molecule has 1 unspecified atom stereocenters. The highest BCUT2D eigenvalue weighted by Gasteiger charge is 2.16. The third-order valence-corrected chi connectivity index (χ3v) is 4.37. The Hall–Kier alpha value is -1.39. The van der Waals surface area contributed by atoms with Crippen LogP contribution in [0.15, 0.2) is 24.3 Å². The molecule has 4 heteroatoms. The number of piperidine rings is 1. The third-order valence-electron chi connectivity index (χ3n) is 4.37. The van der Waals surface area contributed by atoms with Crippen LogP contribution in [-0.2, 0) is 6.54 Å². The Bertz CT molecular complexity index is 464. The molecule has 2 N–H and O–H groups in total. The molecule has 0 saturated carbocycles. The van der Waals surface area contributed by atoms with Gasteiger partial charge in [-0.05, 0) is 57.5 Å². The average molecular weight is 303 g/mol. The monoisotopic (exact) mass is 303 g/mol. The minimum Gasteiger partial charge on any atom is -0.348 e. The number of benzene rings is 1. The van der Waals surface area contributed by atoms with E-state index in [0.29, 0.717) is 6.04 Å². The van der Waals surface area contributed by atoms with Crippen molar-refractivity contribution >= 4 is 5.91 Å². The van der Waals surface area contributed by atoms with Crippen molar-refractivity contribution in [1.29, 1.82) is 0 Å². The highest BCUT2D eigenvalue weighted by Crippen LogP contribution is 2.11. The van der Waals surface area contributed by atoms with E-state index in [1.807, 2.05) is 12.1 Å². The van der Waals surface area contributed by atoms with Gasteiger partial charge in [0.15, 0.2) is 0 Å². The summed E-state index contributed by atoms with van der Waals surface area (Å²) in [5, 5.41) is 6.43. The molecule has 1 aliphatic heterocycles. The molecule has 0 aliphatic carbocycles. The molecule has 1 aromatic rings. The van der Waals surface area contributed by atoms with Crippen LogP contribution < -0.4 is 10.6 Å². The number of amides is 1. The second-order valence-corrected chi connectivity index (χ2v) is 6.37. The van der Waals surface area contributed by atoms with Gasteiger partial charge in [0.05, 0.1) is 0 Å². The van der Waals surface area contributed by atoms with Crippen molar-refractivity contribution in [2.75, 3.05) is 19.6 Å². The molecule has 1 fully saturated rings. The normalized spacial score (nSPS) is 18.7. The fraction of sp³-hybridized carbons (Fsp3) is 0.611. The van der Waals surface area contributed by atoms with Gasteiger partial charge < -0.3 is 10.6 Å². The summed E-state index contributed by atoms with van der Waals surface area (Å²) in [5.74, 6) is 0.0384. The van der Waals surface area contributed by atoms with E-state index in [4.69, 9.17) is 0 Å². The molecule has 1 aliphatic rings. The van der Waals surface area contributed by atoms with Crippen molar-refractivity contribution in [3.8, 4) is 0 Å². The van der Waals surface area contributed by atoms with Crippen molar-refractivity contribution in [1.82, 2.24) is 15.5 Å². The molecule has 1 heterocycles. The summed E-state index contributed by atoms with van der Waals surface area (Å²) in [4.78, 5) is 14.7. The molecule has 0 radical (unpaired) electrons. The quantitative estimate of drug-likeness (QED) is 0.848. The maximum atomic E-state index is 12.3. The van der Waals surface area contributed by atoms with Crippen LogP contribution in [0, 0.1) is 0 Å². The fourth-order valence-corrected chi connectivity index (χ4v) is 2.90. The van der Waals surface area contributed by atoms with Crippen LogP contribution in [0.4, 0.5) is 0 Å². The lowest BCUT2D eigenvalue weighted by molar-refractivity contribution is 0.0930. The Morgan fingerprint density at radius 2 is 2.09 bits per heavy atom. The number of carbonyl (C=O) groups is 1. The molecule has 4 nitrogen and oxygen atoms in total. The van der Waals surface area contributed by atoms with Crippen LogP contribution in [0.2, 0.25) is 0 Å². The number of nitrogens with one attached hydrogen (secondary N) is 2. The third kappa shape index (κ3) is 4.82. The summed E-state index contributed by atoms with van der Waals surface area (Å²) in [6, 6.07) is 8.81. The molecular weight excluding hydrogens is 274 g/mol. The molecule has 1 atom stereocenters. The number of hydrogen-bond acceptors (Lipinski definition) is 3. The molecule has 1 aromatic carbocycles. The first-order valence-electron chi connectivity index (χ1n) is 8.44. The second-order valence-electron chi connectivity index (χ2n) is 6.37. The van der Waals surface area contributed by atoms with E-state index >= 15 is 0 Å². The Morgan fingerprint density at radius 3 is 2.64 bits per heavy atom. The smallest absolute Gasteiger partial charge is 0.251 e. The first-order valence-corrected chi connectivity index (χ1v) is 8.44. The molecule has 1 saturated heterocycles. The van der Waals surface area contributed by atoms with Gasteiger partial charge in [0, 0.05) is 30.7 Å². The van der Waals surface area contributed by atoms with Gasteiger partial charge in [0.2, 0.25) is 0 Å². The van der Waals surface area contributed by atoms with Gasteiger partial charge in [-0.15, -0.1) is 0 Å². The van der Waals surface area contributed by atoms with Crippen molar-refractivity contribution in [3.05, 3.63) is 35.4 Å². The highest BCUT2D eigenvalue weighted by molar-refractivity contribution is 5.94. The van der Waals surface area contributed by atoms with Crippen LogP contribution in [0.1, 0.15) is 49.5 Å². The number of nitrogens with zero attached hydrogens (tertiary/aromatic N) is 1. The Morgan fingerprint density at radius 1 is 1.36 bits per heavy atom. The number of hydrogen-bond donors (Lipinski definition) is 2. The van der Waals surface area contributed by atoms with Crippen molar-refractivity contribution in [2.24, 2.45) is 0 Å². The predicted molar refractivity (Wildman–Crippen MR) is 91.0 cm³/mol. The van der Waals surface area contributed by atoms with Crippen molar-refractivity contribution in [3.63, 3.8) is 0 Å². The molecule has 1 amide bonds. The first kappa shape index (κ1) is 17.0. The van der Waals surface area contributed by atoms with Crippen molar-refractivity contribution < 1.29 is 4.79 Å². The summed E-state index contributed by atoms with van der Waals surface area (Å²) in [6.45, 7) is 10.5. The second kappa shape index (κ2) is 8.30. The van der Waals surface area contributed by atoms with E-state index in [-0.39, 0.29) is 11.9 Å². The van der Waals surface area contributed by atoms with E-state index in [9.17, 15) is 4.79 Å². The Balaban J connectivity index is 1.91. The van der Waals surface area contributed by atoms with Crippen LogP contribution in [-0.4, -0.2) is 42.5 Å². The van der Waals surface area contributed by atoms with Crippen LogP contribution in [0.25, 0.3) is 0 Å². The largest absolute Gasteiger partial charge is 0.348 e. The predicted octanol–water partition coefficient (Wildman–Crippen LogP) is 2.40. The fourth-order valence-electron chi connectivity index (χ4n) is 2.90.